The second kappa shape index (κ2) is 7.61. The molecule has 0 aliphatic rings. The third-order valence-corrected chi connectivity index (χ3v) is 3.72. The molecule has 6 heteroatoms. The highest BCUT2D eigenvalue weighted by atomic mass is 16.5. The van der Waals surface area contributed by atoms with Crippen molar-refractivity contribution in [1.29, 1.82) is 0 Å². The van der Waals surface area contributed by atoms with Crippen LogP contribution in [-0.2, 0) is 11.3 Å². The van der Waals surface area contributed by atoms with Crippen LogP contribution in [-0.4, -0.2) is 40.4 Å². The van der Waals surface area contributed by atoms with Gasteiger partial charge in [-0.15, -0.1) is 0 Å². The molecule has 0 spiro atoms. The van der Waals surface area contributed by atoms with Gasteiger partial charge < -0.3 is 19.5 Å². The number of nitrogens with zero attached hydrogens (tertiary/aromatic N) is 1. The summed E-state index contributed by atoms with van der Waals surface area (Å²) in [6, 6.07) is 8.70. The largest absolute Gasteiger partial charge is 0.478 e. The lowest BCUT2D eigenvalue weighted by Crippen LogP contribution is -2.10. The minimum Gasteiger partial charge on any atom is -0.478 e. The van der Waals surface area contributed by atoms with Crippen LogP contribution < -0.4 is 0 Å². The number of methoxy groups -OCH3 is 1. The number of hydrogen-bond donors (Lipinski definition) is 2. The molecule has 0 unspecified atom stereocenters. The van der Waals surface area contributed by atoms with Crippen molar-refractivity contribution < 1.29 is 24.5 Å². The number of aromatic carboxylic acids is 2. The van der Waals surface area contributed by atoms with Gasteiger partial charge in [0.15, 0.2) is 0 Å². The molecule has 126 valence electrons. The van der Waals surface area contributed by atoms with Crippen LogP contribution in [0, 0.1) is 6.92 Å². The van der Waals surface area contributed by atoms with E-state index in [-0.39, 0.29) is 23.4 Å². The fourth-order valence-electron chi connectivity index (χ4n) is 2.68. The SMILES string of the molecule is COC/C=C/Cn1c(C)c(C(=O)O)c(-c2ccccc2)c1C(=O)O. The van der Waals surface area contributed by atoms with Gasteiger partial charge in [0.25, 0.3) is 0 Å². The average Bonchev–Trinajstić information content (AvgIpc) is 2.85. The van der Waals surface area contributed by atoms with Crippen molar-refractivity contribution >= 4 is 11.9 Å². The van der Waals surface area contributed by atoms with Crippen molar-refractivity contribution in [1.82, 2.24) is 4.57 Å². The zero-order chi connectivity index (χ0) is 17.7. The van der Waals surface area contributed by atoms with Gasteiger partial charge in [0.2, 0.25) is 0 Å². The third kappa shape index (κ3) is 3.38. The van der Waals surface area contributed by atoms with Crippen LogP contribution in [0.5, 0.6) is 0 Å². The number of benzene rings is 1. The molecule has 24 heavy (non-hydrogen) atoms. The highest BCUT2D eigenvalue weighted by molar-refractivity contribution is 6.05. The van der Waals surface area contributed by atoms with Gasteiger partial charge in [-0.1, -0.05) is 42.5 Å². The Morgan fingerprint density at radius 2 is 1.79 bits per heavy atom. The molecule has 0 saturated carbocycles. The molecule has 0 fully saturated rings. The molecule has 0 atom stereocenters. The first kappa shape index (κ1) is 17.5. The smallest absolute Gasteiger partial charge is 0.353 e. The monoisotopic (exact) mass is 329 g/mol. The highest BCUT2D eigenvalue weighted by Gasteiger charge is 2.28. The van der Waals surface area contributed by atoms with Gasteiger partial charge in [-0.2, -0.15) is 0 Å². The molecule has 0 radical (unpaired) electrons. The van der Waals surface area contributed by atoms with E-state index in [1.807, 2.05) is 0 Å². The van der Waals surface area contributed by atoms with Crippen LogP contribution in [0.2, 0.25) is 0 Å². The Morgan fingerprint density at radius 1 is 1.12 bits per heavy atom. The molecule has 0 aliphatic carbocycles. The van der Waals surface area contributed by atoms with Crippen LogP contribution in [0.4, 0.5) is 0 Å². The summed E-state index contributed by atoms with van der Waals surface area (Å²) in [6.45, 7) is 2.27. The first-order chi connectivity index (χ1) is 11.5. The van der Waals surface area contributed by atoms with Gasteiger partial charge in [0.1, 0.15) is 5.69 Å². The maximum Gasteiger partial charge on any atom is 0.353 e. The summed E-state index contributed by atoms with van der Waals surface area (Å²) < 4.78 is 6.42. The Hall–Kier alpha value is -2.86. The Bertz CT molecular complexity index is 774. The number of carboxylic acid groups (broad SMARTS) is 2. The minimum atomic E-state index is -1.16. The summed E-state index contributed by atoms with van der Waals surface area (Å²) in [4.78, 5) is 23.6. The standard InChI is InChI=1S/C18H19NO5/c1-12-14(17(20)21)15(13-8-4-3-5-9-13)16(18(22)23)19(12)10-6-7-11-24-2/h3-9H,10-11H2,1-2H3,(H,20,21)(H,22,23)/b7-6+. The number of carboxylic acids is 2. The summed E-state index contributed by atoms with van der Waals surface area (Å²) in [6.07, 6.45) is 3.51. The quantitative estimate of drug-likeness (QED) is 0.762. The van der Waals surface area contributed by atoms with Crippen LogP contribution in [0.15, 0.2) is 42.5 Å². The van der Waals surface area contributed by atoms with E-state index in [2.05, 4.69) is 0 Å². The van der Waals surface area contributed by atoms with E-state index in [0.29, 0.717) is 17.9 Å². The second-order valence-electron chi connectivity index (χ2n) is 5.20. The maximum absolute atomic E-state index is 11.8. The number of carbonyl (C=O) groups is 2. The van der Waals surface area contributed by atoms with Crippen molar-refractivity contribution in [3.8, 4) is 11.1 Å². The fourth-order valence-corrected chi connectivity index (χ4v) is 2.68. The van der Waals surface area contributed by atoms with E-state index in [1.54, 1.807) is 56.5 Å². The summed E-state index contributed by atoms with van der Waals surface area (Å²) in [5.74, 6) is -2.31. The van der Waals surface area contributed by atoms with E-state index in [1.165, 1.54) is 4.57 Å². The van der Waals surface area contributed by atoms with Crippen molar-refractivity contribution in [2.24, 2.45) is 0 Å². The Kier molecular flexibility index (Phi) is 5.55. The number of hydrogen-bond acceptors (Lipinski definition) is 3. The summed E-state index contributed by atoms with van der Waals surface area (Å²) >= 11 is 0. The minimum absolute atomic E-state index is 0.0127. The van der Waals surface area contributed by atoms with Crippen LogP contribution in [0.3, 0.4) is 0 Å². The molecule has 2 aromatic rings. The molecule has 2 rings (SSSR count). The normalized spacial score (nSPS) is 11.1. The van der Waals surface area contributed by atoms with Crippen molar-refractivity contribution in [3.63, 3.8) is 0 Å². The molecule has 0 bridgehead atoms. The van der Waals surface area contributed by atoms with Gasteiger partial charge in [-0.3, -0.25) is 0 Å². The first-order valence-corrected chi connectivity index (χ1v) is 7.38. The van der Waals surface area contributed by atoms with Crippen LogP contribution in [0.25, 0.3) is 11.1 Å². The highest BCUT2D eigenvalue weighted by Crippen LogP contribution is 2.33. The Morgan fingerprint density at radius 3 is 2.33 bits per heavy atom. The molecular weight excluding hydrogens is 310 g/mol. The fraction of sp³-hybridized carbons (Fsp3) is 0.222. The topological polar surface area (TPSA) is 88.8 Å². The van der Waals surface area contributed by atoms with Crippen molar-refractivity contribution in [3.05, 3.63) is 59.4 Å². The zero-order valence-electron chi connectivity index (χ0n) is 13.5. The maximum atomic E-state index is 11.8. The second-order valence-corrected chi connectivity index (χ2v) is 5.20. The van der Waals surface area contributed by atoms with Gasteiger partial charge in [0.05, 0.1) is 12.2 Å². The Labute approximate surface area is 139 Å². The predicted octanol–water partition coefficient (Wildman–Crippen LogP) is 3.06. The molecule has 1 heterocycles. The number of rotatable bonds is 7. The summed E-state index contributed by atoms with van der Waals surface area (Å²) in [7, 11) is 1.56. The van der Waals surface area contributed by atoms with Crippen LogP contribution in [0.1, 0.15) is 26.5 Å². The lowest BCUT2D eigenvalue weighted by Gasteiger charge is -2.07. The molecule has 1 aromatic carbocycles. The first-order valence-electron chi connectivity index (χ1n) is 7.38. The molecule has 2 N–H and O–H groups in total. The lowest BCUT2D eigenvalue weighted by molar-refractivity contribution is 0.0682. The molecule has 1 aromatic heterocycles. The number of aromatic nitrogens is 1. The Balaban J connectivity index is 2.68. The molecule has 0 amide bonds. The van der Waals surface area contributed by atoms with Gasteiger partial charge in [-0.25, -0.2) is 9.59 Å². The summed E-state index contributed by atoms with van der Waals surface area (Å²) in [5.41, 5.74) is 1.18. The van der Waals surface area contributed by atoms with Crippen LogP contribution >= 0.6 is 0 Å². The van der Waals surface area contributed by atoms with Crippen molar-refractivity contribution in [2.75, 3.05) is 13.7 Å². The molecular formula is C18H19NO5. The summed E-state index contributed by atoms with van der Waals surface area (Å²) in [5, 5.41) is 19.3. The van der Waals surface area contributed by atoms with E-state index >= 15 is 0 Å². The molecule has 6 nitrogen and oxygen atoms in total. The average molecular weight is 329 g/mol. The van der Waals surface area contributed by atoms with E-state index in [9.17, 15) is 19.8 Å². The van der Waals surface area contributed by atoms with E-state index < -0.39 is 11.9 Å². The number of allylic oxidation sites excluding steroid dienone is 1. The molecule has 0 saturated heterocycles. The van der Waals surface area contributed by atoms with Gasteiger partial charge >= 0.3 is 11.9 Å². The number of ether oxygens (including phenoxy) is 1. The van der Waals surface area contributed by atoms with E-state index in [0.717, 1.165) is 0 Å². The van der Waals surface area contributed by atoms with E-state index in [4.69, 9.17) is 4.74 Å². The van der Waals surface area contributed by atoms with Gasteiger partial charge in [0, 0.05) is 24.9 Å². The predicted molar refractivity (Wildman–Crippen MR) is 89.5 cm³/mol. The third-order valence-electron chi connectivity index (χ3n) is 3.72. The van der Waals surface area contributed by atoms with Crippen molar-refractivity contribution in [2.45, 2.75) is 13.5 Å². The van der Waals surface area contributed by atoms with Gasteiger partial charge in [-0.05, 0) is 12.5 Å². The molecule has 0 aliphatic heterocycles. The lowest BCUT2D eigenvalue weighted by atomic mass is 10.0. The zero-order valence-corrected chi connectivity index (χ0v) is 13.5.